The van der Waals surface area contributed by atoms with Crippen LogP contribution in [0.5, 0.6) is 11.5 Å². The zero-order valence-corrected chi connectivity index (χ0v) is 24.2. The summed E-state index contributed by atoms with van der Waals surface area (Å²) in [5, 5.41) is 15.0. The zero-order chi connectivity index (χ0) is 29.0. The highest BCUT2D eigenvalue weighted by Gasteiger charge is 2.23. The van der Waals surface area contributed by atoms with Crippen LogP contribution < -0.4 is 15.4 Å². The molecule has 0 heterocycles. The molecule has 1 unspecified atom stereocenters. The average Bonchev–Trinajstić information content (AvgIpc) is 2.98. The molecule has 0 fully saturated rings. The summed E-state index contributed by atoms with van der Waals surface area (Å²) in [4.78, 5) is 38.3. The summed E-state index contributed by atoms with van der Waals surface area (Å²) in [6.07, 6.45) is 1.49. The second-order valence-corrected chi connectivity index (χ2v) is 10.8. The number of carbonyl (C=O) groups is 3. The van der Waals surface area contributed by atoms with E-state index in [1.807, 2.05) is 60.7 Å². The van der Waals surface area contributed by atoms with Crippen molar-refractivity contribution in [3.8, 4) is 11.5 Å². The number of nitrogens with one attached hydrogen (secondary N) is 2. The Morgan fingerprint density at radius 3 is 2.07 bits per heavy atom. The fourth-order valence-electron chi connectivity index (χ4n) is 3.66. The molecule has 0 aliphatic rings. The van der Waals surface area contributed by atoms with Crippen molar-refractivity contribution in [1.29, 1.82) is 0 Å². The molecular weight excluding hydrogens is 604 g/mol. The lowest BCUT2D eigenvalue weighted by atomic mass is 10.1. The van der Waals surface area contributed by atoms with E-state index in [-0.39, 0.29) is 11.4 Å². The number of carboxylic acid groups (broad SMARTS) is 1. The normalized spacial score (nSPS) is 11.8. The molecule has 208 valence electrons. The second-order valence-electron chi connectivity index (χ2n) is 8.87. The van der Waals surface area contributed by atoms with E-state index in [1.165, 1.54) is 17.8 Å². The van der Waals surface area contributed by atoms with Crippen LogP contribution in [0.1, 0.15) is 21.5 Å². The third kappa shape index (κ3) is 9.37. The second kappa shape index (κ2) is 14.9. The summed E-state index contributed by atoms with van der Waals surface area (Å²) < 4.78 is 6.63. The number of ether oxygens (including phenoxy) is 1. The largest absolute Gasteiger partial charge is 0.480 e. The van der Waals surface area contributed by atoms with E-state index in [4.69, 9.17) is 4.74 Å². The van der Waals surface area contributed by atoms with Crippen molar-refractivity contribution in [2.24, 2.45) is 0 Å². The number of rotatable bonds is 12. The number of thioether (sulfide) groups is 1. The van der Waals surface area contributed by atoms with Gasteiger partial charge in [0.15, 0.2) is 0 Å². The van der Waals surface area contributed by atoms with E-state index in [9.17, 15) is 19.5 Å². The minimum Gasteiger partial charge on any atom is -0.480 e. The van der Waals surface area contributed by atoms with Gasteiger partial charge in [0.2, 0.25) is 0 Å². The van der Waals surface area contributed by atoms with E-state index >= 15 is 0 Å². The van der Waals surface area contributed by atoms with Crippen LogP contribution in [0.4, 0.5) is 0 Å². The van der Waals surface area contributed by atoms with Crippen molar-refractivity contribution >= 4 is 51.6 Å². The Kier molecular flexibility index (Phi) is 10.8. The van der Waals surface area contributed by atoms with Gasteiger partial charge >= 0.3 is 5.97 Å². The summed E-state index contributed by atoms with van der Waals surface area (Å²) in [7, 11) is 0. The maximum absolute atomic E-state index is 13.3. The quantitative estimate of drug-likeness (QED) is 0.154. The van der Waals surface area contributed by atoms with Gasteiger partial charge in [-0.1, -0.05) is 76.6 Å². The third-order valence-electron chi connectivity index (χ3n) is 5.77. The predicted molar refractivity (Wildman–Crippen MR) is 165 cm³/mol. The fraction of sp³-hybridized carbons (Fsp3) is 0.0938. The van der Waals surface area contributed by atoms with Crippen LogP contribution in [0, 0.1) is 0 Å². The van der Waals surface area contributed by atoms with Crippen molar-refractivity contribution in [3.63, 3.8) is 0 Å². The Morgan fingerprint density at radius 2 is 1.44 bits per heavy atom. The summed E-state index contributed by atoms with van der Waals surface area (Å²) in [5.74, 6) is -0.362. The Balaban J connectivity index is 1.51. The molecule has 0 saturated carbocycles. The van der Waals surface area contributed by atoms with E-state index < -0.39 is 23.8 Å². The Hall–Kier alpha value is -4.34. The van der Waals surface area contributed by atoms with Crippen LogP contribution in [0.25, 0.3) is 6.08 Å². The smallest absolute Gasteiger partial charge is 0.327 e. The first kappa shape index (κ1) is 29.6. The van der Waals surface area contributed by atoms with Crippen LogP contribution in [-0.4, -0.2) is 34.7 Å². The topological polar surface area (TPSA) is 105 Å². The first-order valence-corrected chi connectivity index (χ1v) is 14.6. The van der Waals surface area contributed by atoms with Gasteiger partial charge in [-0.25, -0.2) is 4.79 Å². The van der Waals surface area contributed by atoms with Gasteiger partial charge in [0, 0.05) is 21.5 Å². The number of carboxylic acids is 1. The summed E-state index contributed by atoms with van der Waals surface area (Å²) in [5.41, 5.74) is 1.91. The molecule has 0 radical (unpaired) electrons. The average molecular weight is 632 g/mol. The summed E-state index contributed by atoms with van der Waals surface area (Å²) in [6, 6.07) is 31.4. The van der Waals surface area contributed by atoms with Gasteiger partial charge in [-0.05, 0) is 65.7 Å². The van der Waals surface area contributed by atoms with Crippen molar-refractivity contribution in [3.05, 3.63) is 136 Å². The van der Waals surface area contributed by atoms with Crippen molar-refractivity contribution < 1.29 is 24.2 Å². The molecule has 0 spiro atoms. The predicted octanol–water partition coefficient (Wildman–Crippen LogP) is 6.52. The number of halogens is 1. The zero-order valence-electron chi connectivity index (χ0n) is 21.8. The van der Waals surface area contributed by atoms with Crippen molar-refractivity contribution in [2.45, 2.75) is 11.8 Å². The number of benzene rings is 4. The number of hydrogen-bond donors (Lipinski definition) is 3. The first-order valence-electron chi connectivity index (χ1n) is 12.6. The highest BCUT2D eigenvalue weighted by atomic mass is 79.9. The fourth-order valence-corrected chi connectivity index (χ4v) is 4.93. The Bertz CT molecular complexity index is 1500. The van der Waals surface area contributed by atoms with Crippen molar-refractivity contribution in [1.82, 2.24) is 10.6 Å². The molecule has 4 rings (SSSR count). The van der Waals surface area contributed by atoms with Gasteiger partial charge in [-0.15, -0.1) is 0 Å². The van der Waals surface area contributed by atoms with Crippen LogP contribution >= 0.6 is 27.7 Å². The van der Waals surface area contributed by atoms with E-state index in [0.29, 0.717) is 28.4 Å². The lowest BCUT2D eigenvalue weighted by Crippen LogP contribution is -2.45. The molecule has 0 aliphatic heterocycles. The number of para-hydroxylation sites is 1. The van der Waals surface area contributed by atoms with Gasteiger partial charge in [-0.2, -0.15) is 11.8 Å². The molecule has 0 bridgehead atoms. The molecular formula is C32H27BrN2O5S. The SMILES string of the molecule is O=C(NC(CSCc1ccccc1)C(=O)O)C(=Cc1ccc(Oc2ccccc2)cc1)NC(=O)c1ccc(Br)cc1. The molecule has 0 aromatic heterocycles. The Morgan fingerprint density at radius 1 is 0.829 bits per heavy atom. The molecule has 0 saturated heterocycles. The number of carbonyl (C=O) groups excluding carboxylic acids is 2. The van der Waals surface area contributed by atoms with Crippen LogP contribution in [0.15, 0.2) is 119 Å². The highest BCUT2D eigenvalue weighted by molar-refractivity contribution is 9.10. The first-order chi connectivity index (χ1) is 19.9. The maximum atomic E-state index is 13.3. The monoisotopic (exact) mass is 630 g/mol. The van der Waals surface area contributed by atoms with Gasteiger partial charge in [0.25, 0.3) is 11.8 Å². The highest BCUT2D eigenvalue weighted by Crippen LogP contribution is 2.22. The number of aliphatic carboxylic acids is 1. The van der Waals surface area contributed by atoms with Gasteiger partial charge in [0.1, 0.15) is 23.2 Å². The van der Waals surface area contributed by atoms with Gasteiger partial charge < -0.3 is 20.5 Å². The molecule has 3 N–H and O–H groups in total. The number of hydrogen-bond acceptors (Lipinski definition) is 5. The van der Waals surface area contributed by atoms with Gasteiger partial charge in [0.05, 0.1) is 0 Å². The molecule has 7 nitrogen and oxygen atoms in total. The van der Waals surface area contributed by atoms with Crippen LogP contribution in [-0.2, 0) is 15.3 Å². The lowest BCUT2D eigenvalue weighted by Gasteiger charge is -2.17. The molecule has 1 atom stereocenters. The van der Waals surface area contributed by atoms with Crippen LogP contribution in [0.3, 0.4) is 0 Å². The summed E-state index contributed by atoms with van der Waals surface area (Å²) >= 11 is 4.73. The minimum absolute atomic E-state index is 0.0889. The Labute approximate surface area is 250 Å². The van der Waals surface area contributed by atoms with Crippen molar-refractivity contribution in [2.75, 3.05) is 5.75 Å². The maximum Gasteiger partial charge on any atom is 0.327 e. The molecule has 0 aliphatic carbocycles. The van der Waals surface area contributed by atoms with Gasteiger partial charge in [-0.3, -0.25) is 9.59 Å². The minimum atomic E-state index is -1.17. The third-order valence-corrected chi connectivity index (χ3v) is 7.40. The molecule has 2 amide bonds. The number of amides is 2. The van der Waals surface area contributed by atoms with E-state index in [2.05, 4.69) is 26.6 Å². The standard InChI is InChI=1S/C32H27BrN2O5S/c33-25-15-13-24(14-16-25)30(36)34-28(19-22-11-17-27(18-12-22)40-26-9-5-2-6-10-26)31(37)35-29(32(38)39)21-41-20-23-7-3-1-4-8-23/h1-19,29H,20-21H2,(H,34,36)(H,35,37)(H,38,39). The van der Waals surface area contributed by atoms with E-state index in [1.54, 1.807) is 48.5 Å². The summed E-state index contributed by atoms with van der Waals surface area (Å²) in [6.45, 7) is 0. The lowest BCUT2D eigenvalue weighted by molar-refractivity contribution is -0.140. The molecule has 9 heteroatoms. The van der Waals surface area contributed by atoms with E-state index in [0.717, 1.165) is 10.0 Å². The molecule has 4 aromatic carbocycles. The molecule has 41 heavy (non-hydrogen) atoms. The van der Waals surface area contributed by atoms with Crippen LogP contribution in [0.2, 0.25) is 0 Å². The molecule has 4 aromatic rings.